The van der Waals surface area contributed by atoms with Gasteiger partial charge >= 0.3 is 0 Å². The molecule has 0 aliphatic heterocycles. The van der Waals surface area contributed by atoms with Gasteiger partial charge in [-0.15, -0.1) is 0 Å². The van der Waals surface area contributed by atoms with E-state index in [1.165, 1.54) is 0 Å². The van der Waals surface area contributed by atoms with Gasteiger partial charge in [-0.2, -0.15) is 0 Å². The molecule has 0 aliphatic rings. The molecule has 0 saturated carbocycles. The van der Waals surface area contributed by atoms with Gasteiger partial charge in [-0.25, -0.2) is 0 Å². The van der Waals surface area contributed by atoms with E-state index in [1.807, 2.05) is 31.3 Å². The number of nitrogens with one attached hydrogen (secondary N) is 1. The van der Waals surface area contributed by atoms with Crippen molar-refractivity contribution in [2.75, 3.05) is 20.3 Å². The Hall–Kier alpha value is -1.06. The van der Waals surface area contributed by atoms with Crippen molar-refractivity contribution in [3.05, 3.63) is 29.8 Å². The molecule has 84 valence electrons. The van der Waals surface area contributed by atoms with E-state index in [4.69, 9.17) is 9.84 Å². The first-order chi connectivity index (χ1) is 7.31. The lowest BCUT2D eigenvalue weighted by atomic mass is 10.1. The van der Waals surface area contributed by atoms with Crippen LogP contribution in [0.15, 0.2) is 24.3 Å². The molecule has 1 atom stereocenters. The maximum Gasteiger partial charge on any atom is 0.119 e. The van der Waals surface area contributed by atoms with E-state index < -0.39 is 0 Å². The normalized spacial score (nSPS) is 12.5. The minimum absolute atomic E-state index is 0.00484. The summed E-state index contributed by atoms with van der Waals surface area (Å²) in [5.74, 6) is 0.883. The van der Waals surface area contributed by atoms with Crippen LogP contribution in [-0.4, -0.2) is 25.4 Å². The first kappa shape index (κ1) is 12.0. The van der Waals surface area contributed by atoms with Crippen LogP contribution in [-0.2, 0) is 0 Å². The number of aliphatic hydroxyl groups excluding tert-OH is 1. The molecule has 0 aromatic heterocycles. The number of likely N-dealkylation sites (N-methyl/N-ethyl adjacent to an activating group) is 1. The zero-order chi connectivity index (χ0) is 11.1. The van der Waals surface area contributed by atoms with Crippen molar-refractivity contribution in [2.45, 2.75) is 19.4 Å². The summed E-state index contributed by atoms with van der Waals surface area (Å²) in [6.07, 6.45) is 1.01. The van der Waals surface area contributed by atoms with Crippen LogP contribution in [0.25, 0.3) is 0 Å². The van der Waals surface area contributed by atoms with E-state index >= 15 is 0 Å². The Kier molecular flexibility index (Phi) is 5.15. The molecule has 0 spiro atoms. The van der Waals surface area contributed by atoms with Crippen molar-refractivity contribution in [3.8, 4) is 5.75 Å². The van der Waals surface area contributed by atoms with E-state index in [0.29, 0.717) is 0 Å². The summed E-state index contributed by atoms with van der Waals surface area (Å²) in [5, 5.41) is 12.1. The molecule has 0 heterocycles. The molecule has 0 aliphatic carbocycles. The third kappa shape index (κ3) is 3.53. The third-order valence-corrected chi connectivity index (χ3v) is 2.29. The minimum Gasteiger partial charge on any atom is -0.494 e. The number of aliphatic hydroxyl groups is 1. The highest BCUT2D eigenvalue weighted by Gasteiger charge is 2.06. The number of hydrogen-bond acceptors (Lipinski definition) is 3. The maximum absolute atomic E-state index is 9.10. The molecule has 3 heteroatoms. The summed E-state index contributed by atoms with van der Waals surface area (Å²) in [4.78, 5) is 0. The molecule has 2 N–H and O–H groups in total. The van der Waals surface area contributed by atoms with Crippen LogP contribution < -0.4 is 10.1 Å². The van der Waals surface area contributed by atoms with Crippen molar-refractivity contribution < 1.29 is 9.84 Å². The Morgan fingerprint density at radius 3 is 2.47 bits per heavy atom. The van der Waals surface area contributed by atoms with E-state index in [9.17, 15) is 0 Å². The van der Waals surface area contributed by atoms with Crippen molar-refractivity contribution in [2.24, 2.45) is 0 Å². The summed E-state index contributed by atoms with van der Waals surface area (Å²) in [6, 6.07) is 7.83. The second-order valence-electron chi connectivity index (χ2n) is 3.44. The average molecular weight is 209 g/mol. The van der Waals surface area contributed by atoms with Crippen LogP contribution in [0.5, 0.6) is 5.75 Å². The van der Waals surface area contributed by atoms with Crippen LogP contribution in [0.3, 0.4) is 0 Å². The largest absolute Gasteiger partial charge is 0.494 e. The van der Waals surface area contributed by atoms with Gasteiger partial charge in [0.1, 0.15) is 5.75 Å². The highest BCUT2D eigenvalue weighted by atomic mass is 16.5. The van der Waals surface area contributed by atoms with Gasteiger partial charge in [0.2, 0.25) is 0 Å². The quantitative estimate of drug-likeness (QED) is 0.749. The summed E-state index contributed by atoms with van der Waals surface area (Å²) in [5.41, 5.74) is 1.07. The van der Waals surface area contributed by atoms with Gasteiger partial charge in [0.15, 0.2) is 0 Å². The Bertz CT molecular complexity index is 267. The fourth-order valence-electron chi connectivity index (χ4n) is 1.38. The molecule has 0 amide bonds. The van der Waals surface area contributed by atoms with Gasteiger partial charge < -0.3 is 15.2 Å². The first-order valence-electron chi connectivity index (χ1n) is 5.32. The van der Waals surface area contributed by atoms with E-state index in [-0.39, 0.29) is 12.6 Å². The van der Waals surface area contributed by atoms with E-state index in [1.54, 1.807) is 0 Å². The molecule has 0 radical (unpaired) electrons. The molecule has 0 fully saturated rings. The molecule has 0 bridgehead atoms. The molecular formula is C12H19NO2. The SMILES string of the molecule is CCCOc1ccc(C(CO)NC)cc1. The van der Waals surface area contributed by atoms with Gasteiger partial charge in [0.25, 0.3) is 0 Å². The van der Waals surface area contributed by atoms with Crippen LogP contribution in [0.4, 0.5) is 0 Å². The van der Waals surface area contributed by atoms with Gasteiger partial charge in [-0.1, -0.05) is 19.1 Å². The van der Waals surface area contributed by atoms with Gasteiger partial charge in [0.05, 0.1) is 19.3 Å². The van der Waals surface area contributed by atoms with Crippen molar-refractivity contribution >= 4 is 0 Å². The smallest absolute Gasteiger partial charge is 0.119 e. The van der Waals surface area contributed by atoms with Crippen LogP contribution >= 0.6 is 0 Å². The van der Waals surface area contributed by atoms with Crippen molar-refractivity contribution in [1.29, 1.82) is 0 Å². The fourth-order valence-corrected chi connectivity index (χ4v) is 1.38. The Morgan fingerprint density at radius 1 is 1.33 bits per heavy atom. The molecule has 1 aromatic rings. The Labute approximate surface area is 91.1 Å². The number of rotatable bonds is 6. The van der Waals surface area contributed by atoms with Crippen LogP contribution in [0.1, 0.15) is 24.9 Å². The second kappa shape index (κ2) is 6.43. The lowest BCUT2D eigenvalue weighted by molar-refractivity contribution is 0.251. The summed E-state index contributed by atoms with van der Waals surface area (Å²) in [6.45, 7) is 2.93. The number of ether oxygens (including phenoxy) is 1. The molecule has 0 saturated heterocycles. The Morgan fingerprint density at radius 2 is 2.00 bits per heavy atom. The predicted octanol–water partition coefficient (Wildman–Crippen LogP) is 1.73. The van der Waals surface area contributed by atoms with E-state index in [2.05, 4.69) is 12.2 Å². The fraction of sp³-hybridized carbons (Fsp3) is 0.500. The van der Waals surface area contributed by atoms with E-state index in [0.717, 1.165) is 24.3 Å². The monoisotopic (exact) mass is 209 g/mol. The molecule has 1 aromatic carbocycles. The van der Waals surface area contributed by atoms with Gasteiger partial charge in [0, 0.05) is 0 Å². The Balaban J connectivity index is 2.62. The summed E-state index contributed by atoms with van der Waals surface area (Å²) in [7, 11) is 1.84. The lowest BCUT2D eigenvalue weighted by Crippen LogP contribution is -2.19. The molecule has 15 heavy (non-hydrogen) atoms. The van der Waals surface area contributed by atoms with Crippen molar-refractivity contribution in [3.63, 3.8) is 0 Å². The lowest BCUT2D eigenvalue weighted by Gasteiger charge is -2.13. The summed E-state index contributed by atoms with van der Waals surface area (Å²) < 4.78 is 5.47. The second-order valence-corrected chi connectivity index (χ2v) is 3.44. The molecule has 1 unspecified atom stereocenters. The topological polar surface area (TPSA) is 41.5 Å². The van der Waals surface area contributed by atoms with Crippen LogP contribution in [0.2, 0.25) is 0 Å². The number of hydrogen-bond donors (Lipinski definition) is 2. The van der Waals surface area contributed by atoms with Crippen molar-refractivity contribution in [1.82, 2.24) is 5.32 Å². The van der Waals surface area contributed by atoms with Gasteiger partial charge in [-0.05, 0) is 31.2 Å². The third-order valence-electron chi connectivity index (χ3n) is 2.29. The predicted molar refractivity (Wildman–Crippen MR) is 61.1 cm³/mol. The molecule has 3 nitrogen and oxygen atoms in total. The maximum atomic E-state index is 9.10. The zero-order valence-electron chi connectivity index (χ0n) is 9.36. The minimum atomic E-state index is 0.00484. The average Bonchev–Trinajstić information content (AvgIpc) is 2.29. The first-order valence-corrected chi connectivity index (χ1v) is 5.32. The standard InChI is InChI=1S/C12H19NO2/c1-3-8-15-11-6-4-10(5-7-11)12(9-14)13-2/h4-7,12-14H,3,8-9H2,1-2H3. The summed E-state index contributed by atoms with van der Waals surface area (Å²) >= 11 is 0. The molecular weight excluding hydrogens is 190 g/mol. The van der Waals surface area contributed by atoms with Gasteiger partial charge in [-0.3, -0.25) is 0 Å². The molecule has 1 rings (SSSR count). The highest BCUT2D eigenvalue weighted by molar-refractivity contribution is 5.29. The number of benzene rings is 1. The zero-order valence-corrected chi connectivity index (χ0v) is 9.36. The van der Waals surface area contributed by atoms with Crippen LogP contribution in [0, 0.1) is 0 Å². The highest BCUT2D eigenvalue weighted by Crippen LogP contribution is 2.17.